The molecule has 0 saturated heterocycles. The van der Waals surface area contributed by atoms with Crippen molar-refractivity contribution in [3.05, 3.63) is 47.5 Å². The third-order valence-electron chi connectivity index (χ3n) is 3.47. The zero-order valence-corrected chi connectivity index (χ0v) is 14.1. The van der Waals surface area contributed by atoms with E-state index in [0.29, 0.717) is 16.2 Å². The first-order valence-corrected chi connectivity index (χ1v) is 8.17. The maximum Gasteiger partial charge on any atom is 0.221 e. The molecule has 0 saturated carbocycles. The summed E-state index contributed by atoms with van der Waals surface area (Å²) in [6.45, 7) is 4.90. The number of nitrogens with one attached hydrogen (secondary N) is 1. The number of benzene rings is 2. The highest BCUT2D eigenvalue weighted by molar-refractivity contribution is 7.18. The number of amides is 1. The van der Waals surface area contributed by atoms with Crippen molar-refractivity contribution in [2.24, 2.45) is 0 Å². The van der Waals surface area contributed by atoms with E-state index in [2.05, 4.69) is 10.3 Å². The van der Waals surface area contributed by atoms with E-state index in [9.17, 15) is 9.90 Å². The molecule has 0 aliphatic heterocycles. The lowest BCUT2D eigenvalue weighted by molar-refractivity contribution is -0.114. The number of hydrogen-bond acceptors (Lipinski definition) is 4. The first-order chi connectivity index (χ1) is 10.9. The van der Waals surface area contributed by atoms with Gasteiger partial charge in [-0.15, -0.1) is 11.3 Å². The molecular formula is C18H18N2O2S. The number of rotatable bonds is 3. The topological polar surface area (TPSA) is 62.2 Å². The maximum absolute atomic E-state index is 11.7. The van der Waals surface area contributed by atoms with Gasteiger partial charge in [0.05, 0.1) is 10.4 Å². The predicted octanol–water partition coefficient (Wildman–Crippen LogP) is 4.15. The lowest BCUT2D eigenvalue weighted by atomic mass is 10.0. The maximum atomic E-state index is 11.7. The number of aromatic nitrogens is 1. The molecule has 0 aliphatic rings. The van der Waals surface area contributed by atoms with Crippen LogP contribution in [-0.2, 0) is 10.4 Å². The first-order valence-electron chi connectivity index (χ1n) is 7.35. The van der Waals surface area contributed by atoms with Crippen molar-refractivity contribution in [2.75, 3.05) is 5.32 Å². The lowest BCUT2D eigenvalue weighted by Crippen LogP contribution is -2.14. The quantitative estimate of drug-likeness (QED) is 0.760. The van der Waals surface area contributed by atoms with Crippen LogP contribution < -0.4 is 5.32 Å². The number of carbonyl (C=O) groups excluding carboxylic acids is 1. The molecule has 2 aromatic carbocycles. The Labute approximate surface area is 138 Å². The highest BCUT2D eigenvalue weighted by atomic mass is 32.1. The molecule has 0 fully saturated rings. The lowest BCUT2D eigenvalue weighted by Gasteiger charge is -2.12. The van der Waals surface area contributed by atoms with Gasteiger partial charge in [0.2, 0.25) is 5.91 Å². The number of anilines is 1. The molecule has 3 aromatic rings. The average Bonchev–Trinajstić information content (AvgIpc) is 2.93. The van der Waals surface area contributed by atoms with Crippen molar-refractivity contribution in [2.45, 2.75) is 26.4 Å². The number of thiazole rings is 1. The molecule has 1 aromatic heterocycles. The van der Waals surface area contributed by atoms with Crippen molar-refractivity contribution in [3.63, 3.8) is 0 Å². The molecule has 1 heterocycles. The van der Waals surface area contributed by atoms with Crippen LogP contribution in [-0.4, -0.2) is 16.0 Å². The second kappa shape index (κ2) is 5.76. The molecule has 0 spiro atoms. The molecule has 0 aliphatic carbocycles. The summed E-state index contributed by atoms with van der Waals surface area (Å²) in [5.41, 5.74) is 2.32. The van der Waals surface area contributed by atoms with Crippen molar-refractivity contribution < 1.29 is 9.90 Å². The van der Waals surface area contributed by atoms with Gasteiger partial charge in [0.15, 0.2) is 0 Å². The van der Waals surface area contributed by atoms with Gasteiger partial charge in [-0.2, -0.15) is 0 Å². The molecular weight excluding hydrogens is 308 g/mol. The fourth-order valence-corrected chi connectivity index (χ4v) is 3.39. The van der Waals surface area contributed by atoms with Gasteiger partial charge in [0.1, 0.15) is 16.1 Å². The molecule has 0 unspecified atom stereocenters. The predicted molar refractivity (Wildman–Crippen MR) is 94.6 cm³/mol. The van der Waals surface area contributed by atoms with Crippen LogP contribution in [0.5, 0.6) is 0 Å². The van der Waals surface area contributed by atoms with E-state index < -0.39 is 5.60 Å². The minimum absolute atomic E-state index is 0.146. The van der Waals surface area contributed by atoms with Gasteiger partial charge < -0.3 is 10.4 Å². The smallest absolute Gasteiger partial charge is 0.221 e. The van der Waals surface area contributed by atoms with E-state index in [1.165, 1.54) is 18.3 Å². The standard InChI is InChI=1S/C18H18N2O2S/c1-11(21)19-15-13(12-7-5-4-6-8-12)9-10-14-16(15)20-17(23-14)18(2,3)22/h4-10,22H,1-3H3,(H,19,21). The van der Waals surface area contributed by atoms with Crippen LogP contribution in [0.25, 0.3) is 21.3 Å². The zero-order valence-electron chi connectivity index (χ0n) is 13.3. The van der Waals surface area contributed by atoms with Gasteiger partial charge in [0.25, 0.3) is 0 Å². The SMILES string of the molecule is CC(=O)Nc1c(-c2ccccc2)ccc2sc(C(C)(C)O)nc12. The number of hydrogen-bond donors (Lipinski definition) is 2. The molecule has 0 atom stereocenters. The summed E-state index contributed by atoms with van der Waals surface area (Å²) < 4.78 is 0.936. The normalized spacial score (nSPS) is 11.7. The van der Waals surface area contributed by atoms with E-state index in [4.69, 9.17) is 0 Å². The minimum atomic E-state index is -1.01. The van der Waals surface area contributed by atoms with Crippen LogP contribution in [0.15, 0.2) is 42.5 Å². The van der Waals surface area contributed by atoms with Crippen LogP contribution in [0.3, 0.4) is 0 Å². The van der Waals surface area contributed by atoms with Crippen LogP contribution in [0, 0.1) is 0 Å². The summed E-state index contributed by atoms with van der Waals surface area (Å²) in [6.07, 6.45) is 0. The Morgan fingerprint density at radius 3 is 2.48 bits per heavy atom. The second-order valence-corrected chi connectivity index (χ2v) is 6.99. The fourth-order valence-electron chi connectivity index (χ4n) is 2.42. The third-order valence-corrected chi connectivity index (χ3v) is 4.80. The number of fused-ring (bicyclic) bond motifs is 1. The van der Waals surface area contributed by atoms with E-state index in [0.717, 1.165) is 15.8 Å². The summed E-state index contributed by atoms with van der Waals surface area (Å²) in [5.74, 6) is -0.146. The Bertz CT molecular complexity index is 864. The van der Waals surface area contributed by atoms with Crippen molar-refractivity contribution in [1.82, 2.24) is 4.98 Å². The van der Waals surface area contributed by atoms with Gasteiger partial charge in [-0.25, -0.2) is 4.98 Å². The summed E-state index contributed by atoms with van der Waals surface area (Å²) in [6, 6.07) is 13.8. The Balaban J connectivity index is 2.27. The van der Waals surface area contributed by atoms with Crippen LogP contribution >= 0.6 is 11.3 Å². The van der Waals surface area contributed by atoms with Gasteiger partial charge in [-0.05, 0) is 25.5 Å². The van der Waals surface area contributed by atoms with E-state index in [1.807, 2.05) is 42.5 Å². The van der Waals surface area contributed by atoms with Gasteiger partial charge in [0, 0.05) is 12.5 Å². The van der Waals surface area contributed by atoms with Crippen molar-refractivity contribution in [1.29, 1.82) is 0 Å². The largest absolute Gasteiger partial charge is 0.383 e. The molecule has 4 nitrogen and oxygen atoms in total. The Morgan fingerprint density at radius 1 is 1.17 bits per heavy atom. The van der Waals surface area contributed by atoms with E-state index in [-0.39, 0.29) is 5.91 Å². The molecule has 0 radical (unpaired) electrons. The molecule has 23 heavy (non-hydrogen) atoms. The summed E-state index contributed by atoms with van der Waals surface area (Å²) in [5, 5.41) is 13.7. The van der Waals surface area contributed by atoms with Crippen molar-refractivity contribution >= 4 is 33.1 Å². The molecule has 5 heteroatoms. The average molecular weight is 326 g/mol. The summed E-state index contributed by atoms with van der Waals surface area (Å²) >= 11 is 1.44. The van der Waals surface area contributed by atoms with Crippen LogP contribution in [0.4, 0.5) is 5.69 Å². The Hall–Kier alpha value is -2.24. The van der Waals surface area contributed by atoms with Gasteiger partial charge >= 0.3 is 0 Å². The highest BCUT2D eigenvalue weighted by Gasteiger charge is 2.23. The highest BCUT2D eigenvalue weighted by Crippen LogP contribution is 2.39. The molecule has 118 valence electrons. The van der Waals surface area contributed by atoms with Crippen LogP contribution in [0.2, 0.25) is 0 Å². The zero-order chi connectivity index (χ0) is 16.6. The first kappa shape index (κ1) is 15.6. The number of carbonyl (C=O) groups is 1. The second-order valence-electron chi connectivity index (χ2n) is 5.96. The van der Waals surface area contributed by atoms with E-state index >= 15 is 0 Å². The number of nitrogens with zero attached hydrogens (tertiary/aromatic N) is 1. The fraction of sp³-hybridized carbons (Fsp3) is 0.222. The minimum Gasteiger partial charge on any atom is -0.383 e. The molecule has 1 amide bonds. The summed E-state index contributed by atoms with van der Waals surface area (Å²) in [7, 11) is 0. The molecule has 2 N–H and O–H groups in total. The van der Waals surface area contributed by atoms with E-state index in [1.54, 1.807) is 13.8 Å². The monoisotopic (exact) mass is 326 g/mol. The molecule has 0 bridgehead atoms. The van der Waals surface area contributed by atoms with Crippen LogP contribution in [0.1, 0.15) is 25.8 Å². The molecule has 3 rings (SSSR count). The Kier molecular flexibility index (Phi) is 3.92. The van der Waals surface area contributed by atoms with Gasteiger partial charge in [-0.1, -0.05) is 36.4 Å². The summed E-state index contributed by atoms with van der Waals surface area (Å²) in [4.78, 5) is 16.2. The Morgan fingerprint density at radius 2 is 1.87 bits per heavy atom. The number of aliphatic hydroxyl groups is 1. The van der Waals surface area contributed by atoms with Crippen molar-refractivity contribution in [3.8, 4) is 11.1 Å². The van der Waals surface area contributed by atoms with Gasteiger partial charge in [-0.3, -0.25) is 4.79 Å². The third kappa shape index (κ3) is 3.11.